The largest absolute Gasteiger partial charge is 0.317 e. The summed E-state index contributed by atoms with van der Waals surface area (Å²) in [6, 6.07) is 8.38. The highest BCUT2D eigenvalue weighted by molar-refractivity contribution is 5.97. The number of carbonyl (C=O) groups excluding carboxylic acids is 1. The minimum Gasteiger partial charge on any atom is -0.317 e. The maximum Gasteiger partial charge on any atom is 0.230 e. The SMILES string of the molecule is O=C(C1CCN(CC2CCNCC2)CC1)N1CCc2ccccc21. The van der Waals surface area contributed by atoms with Crippen LogP contribution in [0.1, 0.15) is 31.2 Å². The molecule has 0 bridgehead atoms. The number of nitrogens with zero attached hydrogens (tertiary/aromatic N) is 2. The Morgan fingerprint density at radius 1 is 1.04 bits per heavy atom. The molecule has 0 unspecified atom stereocenters. The van der Waals surface area contributed by atoms with Crippen molar-refractivity contribution < 1.29 is 4.79 Å². The van der Waals surface area contributed by atoms with E-state index < -0.39 is 0 Å². The molecule has 2 fully saturated rings. The van der Waals surface area contributed by atoms with Gasteiger partial charge in [-0.15, -0.1) is 0 Å². The lowest BCUT2D eigenvalue weighted by Crippen LogP contribution is -2.44. The fourth-order valence-corrected chi connectivity index (χ4v) is 4.58. The number of rotatable bonds is 3. The van der Waals surface area contributed by atoms with Gasteiger partial charge < -0.3 is 15.1 Å². The van der Waals surface area contributed by atoms with Crippen LogP contribution in [-0.2, 0) is 11.2 Å². The van der Waals surface area contributed by atoms with Crippen LogP contribution in [0, 0.1) is 11.8 Å². The molecule has 1 N–H and O–H groups in total. The van der Waals surface area contributed by atoms with E-state index in [1.807, 2.05) is 11.0 Å². The van der Waals surface area contributed by atoms with Gasteiger partial charge in [0.2, 0.25) is 5.91 Å². The lowest BCUT2D eigenvalue weighted by atomic mass is 9.92. The molecule has 3 aliphatic rings. The number of piperidine rings is 2. The summed E-state index contributed by atoms with van der Waals surface area (Å²) in [7, 11) is 0. The first kappa shape index (κ1) is 16.1. The number of fused-ring (bicyclic) bond motifs is 1. The van der Waals surface area contributed by atoms with E-state index in [0.29, 0.717) is 5.91 Å². The number of hydrogen-bond acceptors (Lipinski definition) is 3. The van der Waals surface area contributed by atoms with Gasteiger partial charge in [0.05, 0.1) is 0 Å². The molecule has 0 atom stereocenters. The number of anilines is 1. The molecule has 3 heterocycles. The molecule has 3 aliphatic heterocycles. The van der Waals surface area contributed by atoms with Crippen molar-refractivity contribution in [2.24, 2.45) is 11.8 Å². The van der Waals surface area contributed by atoms with Crippen molar-refractivity contribution in [2.75, 3.05) is 44.2 Å². The van der Waals surface area contributed by atoms with Crippen LogP contribution >= 0.6 is 0 Å². The Bertz CT molecular complexity index is 574. The van der Waals surface area contributed by atoms with E-state index in [1.165, 1.54) is 38.0 Å². The minimum atomic E-state index is 0.223. The maximum atomic E-state index is 13.0. The molecule has 0 aliphatic carbocycles. The summed E-state index contributed by atoms with van der Waals surface area (Å²) in [6.45, 7) is 6.64. The molecular formula is C20H29N3O. The van der Waals surface area contributed by atoms with Crippen molar-refractivity contribution in [1.29, 1.82) is 0 Å². The van der Waals surface area contributed by atoms with E-state index in [-0.39, 0.29) is 5.92 Å². The standard InChI is InChI=1S/C20H29N3O/c24-20(23-14-9-17-3-1-2-4-19(17)23)18-7-12-22(13-8-18)15-16-5-10-21-11-6-16/h1-4,16,18,21H,5-15H2. The van der Waals surface area contributed by atoms with Crippen molar-refractivity contribution in [1.82, 2.24) is 10.2 Å². The topological polar surface area (TPSA) is 35.6 Å². The molecule has 1 aromatic carbocycles. The van der Waals surface area contributed by atoms with Crippen LogP contribution in [0.3, 0.4) is 0 Å². The zero-order valence-corrected chi connectivity index (χ0v) is 14.5. The zero-order chi connectivity index (χ0) is 16.4. The summed E-state index contributed by atoms with van der Waals surface area (Å²) in [4.78, 5) is 17.6. The molecule has 4 rings (SSSR count). The molecule has 4 nitrogen and oxygen atoms in total. The van der Waals surface area contributed by atoms with E-state index in [4.69, 9.17) is 0 Å². The van der Waals surface area contributed by atoms with Crippen LogP contribution in [0.4, 0.5) is 5.69 Å². The summed E-state index contributed by atoms with van der Waals surface area (Å²) in [6.07, 6.45) is 5.69. The lowest BCUT2D eigenvalue weighted by molar-refractivity contribution is -0.123. The van der Waals surface area contributed by atoms with Gasteiger partial charge in [0.1, 0.15) is 0 Å². The van der Waals surface area contributed by atoms with Crippen molar-refractivity contribution in [2.45, 2.75) is 32.1 Å². The second kappa shape index (κ2) is 7.24. The van der Waals surface area contributed by atoms with E-state index in [0.717, 1.165) is 50.5 Å². The normalized spacial score (nSPS) is 23.4. The first-order valence-corrected chi connectivity index (χ1v) is 9.63. The fraction of sp³-hybridized carbons (Fsp3) is 0.650. The van der Waals surface area contributed by atoms with Gasteiger partial charge in [0, 0.05) is 24.7 Å². The molecule has 0 aromatic heterocycles. The molecular weight excluding hydrogens is 298 g/mol. The summed E-state index contributed by atoms with van der Waals surface area (Å²) in [5, 5.41) is 3.44. The highest BCUT2D eigenvalue weighted by Gasteiger charge is 2.32. The Balaban J connectivity index is 1.30. The van der Waals surface area contributed by atoms with Gasteiger partial charge in [-0.3, -0.25) is 4.79 Å². The predicted octanol–water partition coefficient (Wildman–Crippen LogP) is 2.29. The number of carbonyl (C=O) groups is 1. The van der Waals surface area contributed by atoms with Gasteiger partial charge in [-0.1, -0.05) is 18.2 Å². The Labute approximate surface area is 145 Å². The van der Waals surface area contributed by atoms with Crippen LogP contribution in [-0.4, -0.2) is 50.1 Å². The van der Waals surface area contributed by atoms with E-state index >= 15 is 0 Å². The van der Waals surface area contributed by atoms with Gasteiger partial charge in [0.15, 0.2) is 0 Å². The molecule has 1 amide bonds. The van der Waals surface area contributed by atoms with Crippen molar-refractivity contribution in [3.63, 3.8) is 0 Å². The minimum absolute atomic E-state index is 0.223. The summed E-state index contributed by atoms with van der Waals surface area (Å²) in [5.74, 6) is 1.44. The Hall–Kier alpha value is -1.39. The van der Waals surface area contributed by atoms with Gasteiger partial charge in [-0.05, 0) is 75.8 Å². The molecule has 2 saturated heterocycles. The second-order valence-electron chi connectivity index (χ2n) is 7.64. The van der Waals surface area contributed by atoms with Crippen LogP contribution in [0.15, 0.2) is 24.3 Å². The van der Waals surface area contributed by atoms with Crippen LogP contribution in [0.2, 0.25) is 0 Å². The molecule has 4 heteroatoms. The Kier molecular flexibility index (Phi) is 4.86. The first-order valence-electron chi connectivity index (χ1n) is 9.63. The third kappa shape index (κ3) is 3.35. The zero-order valence-electron chi connectivity index (χ0n) is 14.5. The van der Waals surface area contributed by atoms with Gasteiger partial charge in [0.25, 0.3) is 0 Å². The van der Waals surface area contributed by atoms with Crippen molar-refractivity contribution in [3.8, 4) is 0 Å². The van der Waals surface area contributed by atoms with Crippen LogP contribution < -0.4 is 10.2 Å². The smallest absolute Gasteiger partial charge is 0.230 e. The first-order chi connectivity index (χ1) is 11.8. The summed E-state index contributed by atoms with van der Waals surface area (Å²) < 4.78 is 0. The number of benzene rings is 1. The monoisotopic (exact) mass is 327 g/mol. The average Bonchev–Trinajstić information content (AvgIpc) is 3.07. The lowest BCUT2D eigenvalue weighted by Gasteiger charge is -2.36. The van der Waals surface area contributed by atoms with Gasteiger partial charge in [-0.2, -0.15) is 0 Å². The Morgan fingerprint density at radius 2 is 1.79 bits per heavy atom. The maximum absolute atomic E-state index is 13.0. The molecule has 0 spiro atoms. The van der Waals surface area contributed by atoms with Crippen molar-refractivity contribution >= 4 is 11.6 Å². The quantitative estimate of drug-likeness (QED) is 0.925. The average molecular weight is 327 g/mol. The number of nitrogens with one attached hydrogen (secondary N) is 1. The summed E-state index contributed by atoms with van der Waals surface area (Å²) in [5.41, 5.74) is 2.48. The van der Waals surface area contributed by atoms with Crippen LogP contribution in [0.5, 0.6) is 0 Å². The predicted molar refractivity (Wildman–Crippen MR) is 97.3 cm³/mol. The van der Waals surface area contributed by atoms with E-state index in [2.05, 4.69) is 28.4 Å². The fourth-order valence-electron chi connectivity index (χ4n) is 4.58. The van der Waals surface area contributed by atoms with E-state index in [1.54, 1.807) is 0 Å². The highest BCUT2D eigenvalue weighted by atomic mass is 16.2. The number of para-hydroxylation sites is 1. The van der Waals surface area contributed by atoms with Crippen molar-refractivity contribution in [3.05, 3.63) is 29.8 Å². The van der Waals surface area contributed by atoms with Crippen LogP contribution in [0.25, 0.3) is 0 Å². The van der Waals surface area contributed by atoms with Gasteiger partial charge >= 0.3 is 0 Å². The molecule has 0 saturated carbocycles. The van der Waals surface area contributed by atoms with E-state index in [9.17, 15) is 4.79 Å². The third-order valence-electron chi connectivity index (χ3n) is 6.07. The third-order valence-corrected chi connectivity index (χ3v) is 6.07. The molecule has 0 radical (unpaired) electrons. The molecule has 24 heavy (non-hydrogen) atoms. The number of likely N-dealkylation sites (tertiary alicyclic amines) is 1. The molecule has 130 valence electrons. The Morgan fingerprint density at radius 3 is 2.58 bits per heavy atom. The number of amides is 1. The molecule has 1 aromatic rings. The number of hydrogen-bond donors (Lipinski definition) is 1. The van der Waals surface area contributed by atoms with Gasteiger partial charge in [-0.25, -0.2) is 0 Å². The summed E-state index contributed by atoms with van der Waals surface area (Å²) >= 11 is 0. The highest BCUT2D eigenvalue weighted by Crippen LogP contribution is 2.31. The second-order valence-corrected chi connectivity index (χ2v) is 7.64.